The molecule has 1 aliphatic carbocycles. The van der Waals surface area contributed by atoms with Crippen LogP contribution in [0.3, 0.4) is 0 Å². The summed E-state index contributed by atoms with van der Waals surface area (Å²) in [6.07, 6.45) is 6.27. The van der Waals surface area contributed by atoms with Crippen molar-refractivity contribution in [3.8, 4) is 0 Å². The maximum absolute atomic E-state index is 12.2. The lowest BCUT2D eigenvalue weighted by Crippen LogP contribution is -2.31. The van der Waals surface area contributed by atoms with E-state index in [2.05, 4.69) is 23.5 Å². The molecule has 0 fully saturated rings. The molecule has 1 heterocycles. The highest BCUT2D eigenvalue weighted by Crippen LogP contribution is 2.25. The Bertz CT molecular complexity index is 733. The molecule has 0 radical (unpaired) electrons. The molecule has 4 nitrogen and oxygen atoms in total. The summed E-state index contributed by atoms with van der Waals surface area (Å²) >= 11 is 1.25. The Morgan fingerprint density at radius 3 is 2.83 bits per heavy atom. The van der Waals surface area contributed by atoms with E-state index in [9.17, 15) is 10.0 Å². The molecule has 0 aliphatic heterocycles. The van der Waals surface area contributed by atoms with E-state index >= 15 is 0 Å². The zero-order chi connectivity index (χ0) is 16.9. The second-order valence-corrected chi connectivity index (χ2v) is 7.17. The van der Waals surface area contributed by atoms with Crippen LogP contribution in [0, 0.1) is 5.21 Å². The highest BCUT2D eigenvalue weighted by molar-refractivity contribution is 7.99. The third kappa shape index (κ3) is 4.09. The summed E-state index contributed by atoms with van der Waals surface area (Å²) in [6, 6.07) is 11.7. The van der Waals surface area contributed by atoms with E-state index in [1.165, 1.54) is 48.3 Å². The van der Waals surface area contributed by atoms with Gasteiger partial charge in [0, 0.05) is 12.1 Å². The topological polar surface area (TPSA) is 56.0 Å². The Hall–Kier alpha value is -2.01. The number of pyridine rings is 1. The molecule has 1 atom stereocenters. The maximum atomic E-state index is 12.2. The fraction of sp³-hybridized carbons (Fsp3) is 0.368. The number of amides is 1. The van der Waals surface area contributed by atoms with Gasteiger partial charge in [0.25, 0.3) is 5.03 Å². The molecule has 1 aromatic carbocycles. The number of fused-ring (bicyclic) bond motifs is 1. The molecule has 3 rings (SSSR count). The SMILES string of the molecule is CC(NC(=O)CSc1cccc[n+]1[O-])c1ccc2c(c1)CCCC2. The molecule has 126 valence electrons. The predicted molar refractivity (Wildman–Crippen MR) is 95.8 cm³/mol. The largest absolute Gasteiger partial charge is 0.618 e. The van der Waals surface area contributed by atoms with Crippen molar-refractivity contribution < 1.29 is 9.52 Å². The molecule has 5 heteroatoms. The monoisotopic (exact) mass is 342 g/mol. The van der Waals surface area contributed by atoms with Crippen molar-refractivity contribution in [2.24, 2.45) is 0 Å². The first kappa shape index (κ1) is 16.8. The van der Waals surface area contributed by atoms with Crippen LogP contribution in [-0.4, -0.2) is 11.7 Å². The van der Waals surface area contributed by atoms with Gasteiger partial charge >= 0.3 is 0 Å². The van der Waals surface area contributed by atoms with Crippen molar-refractivity contribution in [2.45, 2.75) is 43.7 Å². The van der Waals surface area contributed by atoms with Gasteiger partial charge in [-0.25, -0.2) is 0 Å². The Kier molecular flexibility index (Phi) is 5.41. The van der Waals surface area contributed by atoms with Gasteiger partial charge < -0.3 is 10.5 Å². The summed E-state index contributed by atoms with van der Waals surface area (Å²) in [4.78, 5) is 12.2. The third-order valence-electron chi connectivity index (χ3n) is 4.39. The van der Waals surface area contributed by atoms with Gasteiger partial charge in [-0.15, -0.1) is 0 Å². The lowest BCUT2D eigenvalue weighted by molar-refractivity contribution is -0.645. The fourth-order valence-corrected chi connectivity index (χ4v) is 3.78. The molecule has 0 spiro atoms. The standard InChI is InChI=1S/C19H22N2O2S/c1-14(16-10-9-15-6-2-3-7-17(15)12-16)20-18(22)13-24-19-8-4-5-11-21(19)23/h4-5,8-12,14H,2-3,6-7,13H2,1H3,(H,20,22). The minimum atomic E-state index is -0.0610. The Balaban J connectivity index is 1.57. The van der Waals surface area contributed by atoms with Crippen LogP contribution in [0.2, 0.25) is 0 Å². The number of benzene rings is 1. The van der Waals surface area contributed by atoms with Crippen molar-refractivity contribution in [1.29, 1.82) is 0 Å². The summed E-state index contributed by atoms with van der Waals surface area (Å²) in [6.45, 7) is 2.00. The minimum absolute atomic E-state index is 0.0273. The molecular weight excluding hydrogens is 320 g/mol. The van der Waals surface area contributed by atoms with Crippen LogP contribution in [0.15, 0.2) is 47.6 Å². The molecule has 1 aromatic heterocycles. The molecule has 1 N–H and O–H groups in total. The molecule has 0 saturated carbocycles. The summed E-state index contributed by atoms with van der Waals surface area (Å²) < 4.78 is 0.783. The van der Waals surface area contributed by atoms with E-state index in [0.717, 1.165) is 16.7 Å². The Morgan fingerprint density at radius 2 is 2.04 bits per heavy atom. The molecule has 1 aliphatic rings. The number of thioether (sulfide) groups is 1. The quantitative estimate of drug-likeness (QED) is 0.516. The summed E-state index contributed by atoms with van der Waals surface area (Å²) in [5.74, 6) is 0.177. The van der Waals surface area contributed by atoms with E-state index in [0.29, 0.717) is 5.03 Å². The summed E-state index contributed by atoms with van der Waals surface area (Å²) in [7, 11) is 0. The second kappa shape index (κ2) is 7.71. The van der Waals surface area contributed by atoms with Gasteiger partial charge in [-0.05, 0) is 67.1 Å². The highest BCUT2D eigenvalue weighted by Gasteiger charge is 2.15. The molecular formula is C19H22N2O2S. The lowest BCUT2D eigenvalue weighted by atomic mass is 9.89. The van der Waals surface area contributed by atoms with Crippen molar-refractivity contribution >= 4 is 17.7 Å². The van der Waals surface area contributed by atoms with E-state index in [1.807, 2.05) is 6.92 Å². The normalized spacial score (nSPS) is 14.7. The Morgan fingerprint density at radius 1 is 1.25 bits per heavy atom. The minimum Gasteiger partial charge on any atom is -0.618 e. The number of carbonyl (C=O) groups excluding carboxylic acids is 1. The molecule has 2 aromatic rings. The molecule has 0 saturated heterocycles. The molecule has 24 heavy (non-hydrogen) atoms. The average Bonchev–Trinajstić information content (AvgIpc) is 2.60. The van der Waals surface area contributed by atoms with Crippen LogP contribution >= 0.6 is 11.8 Å². The summed E-state index contributed by atoms with van der Waals surface area (Å²) in [5.41, 5.74) is 4.02. The van der Waals surface area contributed by atoms with Crippen molar-refractivity contribution in [2.75, 3.05) is 5.75 Å². The number of aryl methyl sites for hydroxylation is 2. The van der Waals surface area contributed by atoms with E-state index in [4.69, 9.17) is 0 Å². The first-order valence-corrected chi connectivity index (χ1v) is 9.34. The second-order valence-electron chi connectivity index (χ2n) is 6.18. The number of hydrogen-bond donors (Lipinski definition) is 1. The summed E-state index contributed by atoms with van der Waals surface area (Å²) in [5, 5.41) is 15.1. The third-order valence-corrected chi connectivity index (χ3v) is 5.41. The predicted octanol–water partition coefficient (Wildman–Crippen LogP) is 3.17. The number of carbonyl (C=O) groups is 1. The average molecular weight is 342 g/mol. The van der Waals surface area contributed by atoms with Gasteiger partial charge in [0.05, 0.1) is 11.8 Å². The molecule has 1 amide bonds. The van der Waals surface area contributed by atoms with Crippen molar-refractivity contribution in [3.63, 3.8) is 0 Å². The number of nitrogens with one attached hydrogen (secondary N) is 1. The van der Waals surface area contributed by atoms with Crippen LogP contribution in [-0.2, 0) is 17.6 Å². The fourth-order valence-electron chi connectivity index (χ4n) is 3.05. The van der Waals surface area contributed by atoms with Crippen molar-refractivity contribution in [1.82, 2.24) is 5.32 Å². The number of rotatable bonds is 5. The van der Waals surface area contributed by atoms with E-state index in [-0.39, 0.29) is 17.7 Å². The van der Waals surface area contributed by atoms with Gasteiger partial charge in [-0.2, -0.15) is 4.73 Å². The van der Waals surface area contributed by atoms with Crippen LogP contribution < -0.4 is 10.0 Å². The highest BCUT2D eigenvalue weighted by atomic mass is 32.2. The number of nitrogens with zero attached hydrogens (tertiary/aromatic N) is 1. The number of aromatic nitrogens is 1. The smallest absolute Gasteiger partial charge is 0.251 e. The van der Waals surface area contributed by atoms with Crippen molar-refractivity contribution in [3.05, 3.63) is 64.5 Å². The number of hydrogen-bond acceptors (Lipinski definition) is 3. The van der Waals surface area contributed by atoms with Gasteiger partial charge in [0.2, 0.25) is 5.91 Å². The lowest BCUT2D eigenvalue weighted by Gasteiger charge is -2.20. The van der Waals surface area contributed by atoms with Gasteiger partial charge in [0.15, 0.2) is 6.20 Å². The zero-order valence-electron chi connectivity index (χ0n) is 13.8. The van der Waals surface area contributed by atoms with Crippen LogP contribution in [0.5, 0.6) is 0 Å². The van der Waals surface area contributed by atoms with Gasteiger partial charge in [0.1, 0.15) is 0 Å². The van der Waals surface area contributed by atoms with Gasteiger partial charge in [-0.1, -0.05) is 18.2 Å². The van der Waals surface area contributed by atoms with E-state index in [1.54, 1.807) is 18.2 Å². The van der Waals surface area contributed by atoms with Crippen LogP contribution in [0.4, 0.5) is 0 Å². The van der Waals surface area contributed by atoms with Gasteiger partial charge in [-0.3, -0.25) is 4.79 Å². The first-order valence-electron chi connectivity index (χ1n) is 8.35. The van der Waals surface area contributed by atoms with Crippen LogP contribution in [0.1, 0.15) is 42.5 Å². The molecule has 0 bridgehead atoms. The molecule has 1 unspecified atom stereocenters. The Labute approximate surface area is 146 Å². The zero-order valence-corrected chi connectivity index (χ0v) is 14.6. The first-order chi connectivity index (χ1) is 11.6. The van der Waals surface area contributed by atoms with E-state index < -0.39 is 0 Å². The maximum Gasteiger partial charge on any atom is 0.251 e. The van der Waals surface area contributed by atoms with Crippen LogP contribution in [0.25, 0.3) is 0 Å².